The normalized spacial score (nSPS) is 12.0. The molecule has 3 nitrogen and oxygen atoms in total. The molecule has 2 N–H and O–H groups in total. The summed E-state index contributed by atoms with van der Waals surface area (Å²) in [5.41, 5.74) is 9.75. The van der Waals surface area contributed by atoms with Crippen LogP contribution in [-0.4, -0.2) is 32.1 Å². The fourth-order valence-electron chi connectivity index (χ4n) is 2.31. The topological polar surface area (TPSA) is 38.5 Å². The average Bonchev–Trinajstić information content (AvgIpc) is 2.32. The minimum Gasteiger partial charge on any atom is -0.496 e. The summed E-state index contributed by atoms with van der Waals surface area (Å²) in [6.45, 7) is 11.2. The predicted octanol–water partition coefficient (Wildman–Crippen LogP) is 2.73. The van der Waals surface area contributed by atoms with E-state index in [9.17, 15) is 0 Å². The van der Waals surface area contributed by atoms with Crippen LogP contribution in [0.3, 0.4) is 0 Å². The summed E-state index contributed by atoms with van der Waals surface area (Å²) >= 11 is 0. The average molecular weight is 264 g/mol. The molecule has 0 aliphatic heterocycles. The van der Waals surface area contributed by atoms with Gasteiger partial charge >= 0.3 is 0 Å². The lowest BCUT2D eigenvalue weighted by atomic mass is 9.93. The fourth-order valence-corrected chi connectivity index (χ4v) is 2.31. The highest BCUT2D eigenvalue weighted by molar-refractivity contribution is 5.41. The first-order valence-electron chi connectivity index (χ1n) is 6.82. The van der Waals surface area contributed by atoms with E-state index in [1.807, 2.05) is 0 Å². The van der Waals surface area contributed by atoms with Gasteiger partial charge in [0.2, 0.25) is 0 Å². The summed E-state index contributed by atoms with van der Waals surface area (Å²) in [5, 5.41) is 0. The van der Waals surface area contributed by atoms with Gasteiger partial charge in [-0.05, 0) is 50.0 Å². The van der Waals surface area contributed by atoms with Gasteiger partial charge in [0.1, 0.15) is 5.75 Å². The number of benzene rings is 1. The van der Waals surface area contributed by atoms with Crippen LogP contribution in [0.1, 0.15) is 30.5 Å². The summed E-state index contributed by atoms with van der Waals surface area (Å²) in [5.74, 6) is 0.973. The molecule has 0 spiro atoms. The highest BCUT2D eigenvalue weighted by atomic mass is 16.5. The Morgan fingerprint density at radius 3 is 2.32 bits per heavy atom. The van der Waals surface area contributed by atoms with E-state index < -0.39 is 0 Å². The molecule has 0 bridgehead atoms. The zero-order valence-electron chi connectivity index (χ0n) is 13.2. The van der Waals surface area contributed by atoms with Crippen LogP contribution in [-0.2, 0) is 6.54 Å². The molecule has 0 aliphatic carbocycles. The third kappa shape index (κ3) is 4.51. The number of rotatable bonds is 6. The highest BCUT2D eigenvalue weighted by Gasteiger charge is 2.19. The molecule has 0 radical (unpaired) electrons. The van der Waals surface area contributed by atoms with Crippen molar-refractivity contribution in [3.63, 3.8) is 0 Å². The summed E-state index contributed by atoms with van der Waals surface area (Å²) in [6.07, 6.45) is 0. The molecule has 1 aromatic carbocycles. The van der Waals surface area contributed by atoms with Crippen LogP contribution in [0.25, 0.3) is 0 Å². The summed E-state index contributed by atoms with van der Waals surface area (Å²) in [7, 11) is 3.86. The Bertz CT molecular complexity index is 427. The van der Waals surface area contributed by atoms with Gasteiger partial charge in [0, 0.05) is 18.7 Å². The van der Waals surface area contributed by atoms with Crippen LogP contribution in [0.5, 0.6) is 5.75 Å². The van der Waals surface area contributed by atoms with Crippen LogP contribution >= 0.6 is 0 Å². The molecule has 19 heavy (non-hydrogen) atoms. The van der Waals surface area contributed by atoms with Crippen LogP contribution in [0, 0.1) is 19.3 Å². The number of nitrogens with zero attached hydrogens (tertiary/aromatic N) is 1. The third-order valence-corrected chi connectivity index (χ3v) is 3.59. The molecule has 3 heteroatoms. The molecule has 108 valence electrons. The van der Waals surface area contributed by atoms with Gasteiger partial charge in [-0.25, -0.2) is 0 Å². The molecule has 0 aromatic heterocycles. The number of aryl methyl sites for hydroxylation is 2. The Balaban J connectivity index is 2.84. The first kappa shape index (κ1) is 16.0. The van der Waals surface area contributed by atoms with Crippen molar-refractivity contribution < 1.29 is 4.74 Å². The second-order valence-corrected chi connectivity index (χ2v) is 6.29. The minimum atomic E-state index is 0.141. The van der Waals surface area contributed by atoms with E-state index in [2.05, 4.69) is 51.8 Å². The van der Waals surface area contributed by atoms with Crippen molar-refractivity contribution in [3.8, 4) is 5.75 Å². The molecule has 0 unspecified atom stereocenters. The number of ether oxygens (including phenoxy) is 1. The van der Waals surface area contributed by atoms with E-state index in [0.717, 1.165) is 18.8 Å². The zero-order valence-corrected chi connectivity index (χ0v) is 13.2. The van der Waals surface area contributed by atoms with Crippen LogP contribution in [0.4, 0.5) is 0 Å². The van der Waals surface area contributed by atoms with E-state index in [4.69, 9.17) is 10.5 Å². The lowest BCUT2D eigenvalue weighted by molar-refractivity contribution is 0.208. The van der Waals surface area contributed by atoms with E-state index in [-0.39, 0.29) is 5.41 Å². The fraction of sp³-hybridized carbons (Fsp3) is 0.625. The largest absolute Gasteiger partial charge is 0.496 e. The highest BCUT2D eigenvalue weighted by Crippen LogP contribution is 2.25. The van der Waals surface area contributed by atoms with Crippen molar-refractivity contribution in [2.45, 2.75) is 34.2 Å². The molecule has 0 fully saturated rings. The quantitative estimate of drug-likeness (QED) is 0.858. The summed E-state index contributed by atoms with van der Waals surface area (Å²) in [4.78, 5) is 2.31. The van der Waals surface area contributed by atoms with Gasteiger partial charge < -0.3 is 15.4 Å². The standard InChI is InChI=1S/C16H28N2O/c1-12-7-14(15(19-6)8-13(12)2)9-18(5)11-16(3,4)10-17/h7-8H,9-11,17H2,1-6H3. The number of hydrogen-bond donors (Lipinski definition) is 1. The number of nitrogens with two attached hydrogens (primary N) is 1. The Morgan fingerprint density at radius 1 is 1.21 bits per heavy atom. The van der Waals surface area contributed by atoms with E-state index in [1.165, 1.54) is 16.7 Å². The second kappa shape index (κ2) is 6.40. The van der Waals surface area contributed by atoms with Crippen molar-refractivity contribution in [2.75, 3.05) is 27.2 Å². The molecule has 1 rings (SSSR count). The predicted molar refractivity (Wildman–Crippen MR) is 81.6 cm³/mol. The number of hydrogen-bond acceptors (Lipinski definition) is 3. The molecule has 0 heterocycles. The Labute approximate surface area is 117 Å². The van der Waals surface area contributed by atoms with Gasteiger partial charge in [0.05, 0.1) is 7.11 Å². The molecular weight excluding hydrogens is 236 g/mol. The zero-order chi connectivity index (χ0) is 14.6. The van der Waals surface area contributed by atoms with Gasteiger partial charge in [-0.2, -0.15) is 0 Å². The van der Waals surface area contributed by atoms with Gasteiger partial charge in [0.25, 0.3) is 0 Å². The minimum absolute atomic E-state index is 0.141. The maximum atomic E-state index is 5.80. The molecule has 0 saturated carbocycles. The molecule has 0 saturated heterocycles. The summed E-state index contributed by atoms with van der Waals surface area (Å²) in [6, 6.07) is 4.34. The van der Waals surface area contributed by atoms with Crippen LogP contribution in [0.2, 0.25) is 0 Å². The molecule has 0 aliphatic rings. The maximum Gasteiger partial charge on any atom is 0.123 e. The SMILES string of the molecule is COc1cc(C)c(C)cc1CN(C)CC(C)(C)CN. The molecule has 0 atom stereocenters. The Morgan fingerprint density at radius 2 is 1.79 bits per heavy atom. The Kier molecular flexibility index (Phi) is 5.39. The second-order valence-electron chi connectivity index (χ2n) is 6.29. The lowest BCUT2D eigenvalue weighted by Gasteiger charge is -2.29. The first-order valence-corrected chi connectivity index (χ1v) is 6.82. The third-order valence-electron chi connectivity index (χ3n) is 3.59. The van der Waals surface area contributed by atoms with Crippen molar-refractivity contribution in [1.82, 2.24) is 4.90 Å². The Hall–Kier alpha value is -1.06. The van der Waals surface area contributed by atoms with Crippen LogP contribution < -0.4 is 10.5 Å². The lowest BCUT2D eigenvalue weighted by Crippen LogP contribution is -2.36. The van der Waals surface area contributed by atoms with Gasteiger partial charge in [-0.3, -0.25) is 0 Å². The van der Waals surface area contributed by atoms with Gasteiger partial charge in [-0.15, -0.1) is 0 Å². The first-order chi connectivity index (χ1) is 8.79. The molecular formula is C16H28N2O. The van der Waals surface area contributed by atoms with E-state index >= 15 is 0 Å². The van der Waals surface area contributed by atoms with Gasteiger partial charge in [-0.1, -0.05) is 19.9 Å². The maximum absolute atomic E-state index is 5.80. The van der Waals surface area contributed by atoms with E-state index in [0.29, 0.717) is 6.54 Å². The smallest absolute Gasteiger partial charge is 0.123 e. The molecule has 1 aromatic rings. The molecule has 0 amide bonds. The summed E-state index contributed by atoms with van der Waals surface area (Å²) < 4.78 is 5.49. The number of methoxy groups -OCH3 is 1. The van der Waals surface area contributed by atoms with Crippen molar-refractivity contribution in [1.29, 1.82) is 0 Å². The monoisotopic (exact) mass is 264 g/mol. The van der Waals surface area contributed by atoms with Crippen molar-refractivity contribution >= 4 is 0 Å². The van der Waals surface area contributed by atoms with Crippen molar-refractivity contribution in [2.24, 2.45) is 11.1 Å². The van der Waals surface area contributed by atoms with Gasteiger partial charge in [0.15, 0.2) is 0 Å². The van der Waals surface area contributed by atoms with Crippen LogP contribution in [0.15, 0.2) is 12.1 Å². The van der Waals surface area contributed by atoms with Crippen molar-refractivity contribution in [3.05, 3.63) is 28.8 Å². The van der Waals surface area contributed by atoms with E-state index in [1.54, 1.807) is 7.11 Å².